The number of ether oxygens (including phenoxy) is 1. The number of oxime groups is 1. The summed E-state index contributed by atoms with van der Waals surface area (Å²) in [6, 6.07) is 0. The average molecular weight is 234 g/mol. The van der Waals surface area contributed by atoms with Gasteiger partial charge in [-0.2, -0.15) is 0 Å². The van der Waals surface area contributed by atoms with E-state index in [1.807, 2.05) is 13.8 Å². The van der Waals surface area contributed by atoms with Crippen LogP contribution in [0.15, 0.2) is 5.16 Å². The molecule has 2 unspecified atom stereocenters. The Balaban J connectivity index is 2.80. The topological polar surface area (TPSA) is 47.9 Å². The molecule has 0 aromatic heterocycles. The van der Waals surface area contributed by atoms with Gasteiger partial charge in [-0.05, 0) is 19.8 Å². The third-order valence-electron chi connectivity index (χ3n) is 2.36. The quantitative estimate of drug-likeness (QED) is 0.553. The number of halogens is 1. The summed E-state index contributed by atoms with van der Waals surface area (Å²) in [5, 5.41) is 3.30. The van der Waals surface area contributed by atoms with Gasteiger partial charge >= 0.3 is 5.97 Å². The maximum Gasteiger partial charge on any atom is 0.355 e. The van der Waals surface area contributed by atoms with E-state index in [2.05, 4.69) is 5.16 Å². The fraction of sp³-hybridized carbons (Fsp3) is 0.800. The van der Waals surface area contributed by atoms with Gasteiger partial charge in [0.2, 0.25) is 0 Å². The Morgan fingerprint density at radius 1 is 1.73 bits per heavy atom. The molecule has 0 saturated carbocycles. The summed E-state index contributed by atoms with van der Waals surface area (Å²) in [5.41, 5.74) is -0.496. The largest absolute Gasteiger partial charge is 0.463 e. The summed E-state index contributed by atoms with van der Waals surface area (Å²) < 4.78 is 4.91. The molecule has 0 saturated heterocycles. The number of alkyl halides is 1. The van der Waals surface area contributed by atoms with Gasteiger partial charge in [0, 0.05) is 0 Å². The second-order valence-corrected chi connectivity index (χ2v) is 4.39. The van der Waals surface area contributed by atoms with Gasteiger partial charge in [-0.15, -0.1) is 11.6 Å². The Morgan fingerprint density at radius 2 is 2.33 bits per heavy atom. The molecule has 0 bridgehead atoms. The van der Waals surface area contributed by atoms with Crippen LogP contribution in [0.4, 0.5) is 0 Å². The molecule has 15 heavy (non-hydrogen) atoms. The summed E-state index contributed by atoms with van der Waals surface area (Å²) in [6.07, 6.45) is 0. The van der Waals surface area contributed by atoms with Crippen LogP contribution < -0.4 is 0 Å². The third-order valence-corrected chi connectivity index (χ3v) is 3.00. The second-order valence-electron chi connectivity index (χ2n) is 3.95. The molecule has 1 heterocycles. The summed E-state index contributed by atoms with van der Waals surface area (Å²) in [6.45, 7) is 7.55. The number of carbonyl (C=O) groups excluding carboxylic acids is 1. The monoisotopic (exact) mass is 233 g/mol. The molecule has 0 amide bonds. The van der Waals surface area contributed by atoms with Gasteiger partial charge in [0.1, 0.15) is 5.38 Å². The highest BCUT2D eigenvalue weighted by Crippen LogP contribution is 2.32. The van der Waals surface area contributed by atoms with Gasteiger partial charge in [-0.25, -0.2) is 4.79 Å². The molecule has 4 nitrogen and oxygen atoms in total. The Hall–Kier alpha value is -0.770. The Labute approximate surface area is 94.6 Å². The minimum absolute atomic E-state index is 0.156. The van der Waals surface area contributed by atoms with Gasteiger partial charge in [0.15, 0.2) is 0 Å². The molecular formula is C10H16ClNO3. The van der Waals surface area contributed by atoms with Crippen LogP contribution in [0.25, 0.3) is 0 Å². The van der Waals surface area contributed by atoms with Crippen molar-refractivity contribution in [1.82, 2.24) is 0 Å². The van der Waals surface area contributed by atoms with E-state index in [1.54, 1.807) is 13.8 Å². The summed E-state index contributed by atoms with van der Waals surface area (Å²) in [7, 11) is 0. The number of nitrogens with zero attached hydrogens (tertiary/aromatic N) is 1. The lowest BCUT2D eigenvalue weighted by Crippen LogP contribution is -2.46. The van der Waals surface area contributed by atoms with Crippen molar-refractivity contribution in [3.05, 3.63) is 0 Å². The highest BCUT2D eigenvalue weighted by atomic mass is 35.5. The third kappa shape index (κ3) is 2.09. The van der Waals surface area contributed by atoms with Crippen LogP contribution in [0.5, 0.6) is 0 Å². The van der Waals surface area contributed by atoms with Gasteiger partial charge in [-0.3, -0.25) is 0 Å². The molecule has 5 heteroatoms. The Bertz CT molecular complexity index is 290. The van der Waals surface area contributed by atoms with Crippen molar-refractivity contribution in [3.63, 3.8) is 0 Å². The highest BCUT2D eigenvalue weighted by molar-refractivity contribution is 6.35. The normalized spacial score (nSPS) is 30.0. The number of hydrogen-bond donors (Lipinski definition) is 0. The number of rotatable bonds is 3. The first kappa shape index (κ1) is 12.3. The predicted octanol–water partition coefficient (Wildman–Crippen LogP) is 1.96. The SMILES string of the molecule is CCOC(=O)C1(C)ON=C(C(C)C)C1Cl. The van der Waals surface area contributed by atoms with Crippen molar-refractivity contribution in [3.8, 4) is 0 Å². The maximum atomic E-state index is 11.6. The second kappa shape index (κ2) is 4.39. The van der Waals surface area contributed by atoms with Crippen molar-refractivity contribution in [2.45, 2.75) is 38.7 Å². The van der Waals surface area contributed by atoms with Crippen LogP contribution in [0, 0.1) is 5.92 Å². The van der Waals surface area contributed by atoms with E-state index >= 15 is 0 Å². The van der Waals surface area contributed by atoms with Crippen LogP contribution in [0.3, 0.4) is 0 Å². The molecule has 0 spiro atoms. The van der Waals surface area contributed by atoms with E-state index in [9.17, 15) is 4.79 Å². The minimum atomic E-state index is -1.18. The van der Waals surface area contributed by atoms with Gasteiger partial charge in [0.25, 0.3) is 5.60 Å². The first-order valence-corrected chi connectivity index (χ1v) is 5.44. The van der Waals surface area contributed by atoms with Crippen LogP contribution in [-0.2, 0) is 14.4 Å². The molecule has 0 radical (unpaired) electrons. The van der Waals surface area contributed by atoms with Crippen molar-refractivity contribution in [2.75, 3.05) is 6.61 Å². The molecule has 0 aliphatic carbocycles. The fourth-order valence-electron chi connectivity index (χ4n) is 1.34. The van der Waals surface area contributed by atoms with Gasteiger partial charge in [-0.1, -0.05) is 19.0 Å². The molecule has 0 aromatic rings. The molecule has 0 N–H and O–H groups in total. The predicted molar refractivity (Wildman–Crippen MR) is 58.0 cm³/mol. The van der Waals surface area contributed by atoms with E-state index < -0.39 is 16.9 Å². The van der Waals surface area contributed by atoms with Crippen LogP contribution in [-0.4, -0.2) is 29.3 Å². The summed E-state index contributed by atoms with van der Waals surface area (Å²) >= 11 is 6.15. The standard InChI is InChI=1S/C10H16ClNO3/c1-5-14-9(13)10(4)8(11)7(6(2)3)12-15-10/h6,8H,5H2,1-4H3. The molecule has 0 fully saturated rings. The number of carbonyl (C=O) groups is 1. The summed E-state index contributed by atoms with van der Waals surface area (Å²) in [4.78, 5) is 16.8. The number of hydrogen-bond acceptors (Lipinski definition) is 4. The molecule has 1 aliphatic rings. The van der Waals surface area contributed by atoms with Crippen molar-refractivity contribution in [1.29, 1.82) is 0 Å². The molecular weight excluding hydrogens is 218 g/mol. The van der Waals surface area contributed by atoms with E-state index in [0.717, 1.165) is 0 Å². The van der Waals surface area contributed by atoms with Crippen LogP contribution >= 0.6 is 11.6 Å². The van der Waals surface area contributed by atoms with Crippen molar-refractivity contribution >= 4 is 23.3 Å². The maximum absolute atomic E-state index is 11.6. The smallest absolute Gasteiger partial charge is 0.355 e. The zero-order chi connectivity index (χ0) is 11.6. The lowest BCUT2D eigenvalue weighted by atomic mass is 9.94. The van der Waals surface area contributed by atoms with Crippen LogP contribution in [0.2, 0.25) is 0 Å². The lowest BCUT2D eigenvalue weighted by Gasteiger charge is -2.23. The van der Waals surface area contributed by atoms with E-state index in [1.165, 1.54) is 0 Å². The summed E-state index contributed by atoms with van der Waals surface area (Å²) in [5.74, 6) is -0.312. The molecule has 1 aliphatic heterocycles. The van der Waals surface area contributed by atoms with E-state index in [4.69, 9.17) is 21.2 Å². The minimum Gasteiger partial charge on any atom is -0.463 e. The molecule has 86 valence electrons. The zero-order valence-electron chi connectivity index (χ0n) is 9.41. The molecule has 1 rings (SSSR count). The fourth-order valence-corrected chi connectivity index (χ4v) is 1.76. The Morgan fingerprint density at radius 3 is 2.73 bits per heavy atom. The number of esters is 1. The average Bonchev–Trinajstić information content (AvgIpc) is 2.45. The molecule has 0 aromatic carbocycles. The van der Waals surface area contributed by atoms with Crippen molar-refractivity contribution in [2.24, 2.45) is 11.1 Å². The first-order chi connectivity index (χ1) is 6.93. The Kier molecular flexibility index (Phi) is 3.60. The highest BCUT2D eigenvalue weighted by Gasteiger charge is 2.52. The van der Waals surface area contributed by atoms with Gasteiger partial charge < -0.3 is 9.57 Å². The zero-order valence-corrected chi connectivity index (χ0v) is 10.2. The van der Waals surface area contributed by atoms with Crippen LogP contribution in [0.1, 0.15) is 27.7 Å². The van der Waals surface area contributed by atoms with E-state index in [-0.39, 0.29) is 5.92 Å². The van der Waals surface area contributed by atoms with E-state index in [0.29, 0.717) is 12.3 Å². The molecule has 2 atom stereocenters. The lowest BCUT2D eigenvalue weighted by molar-refractivity contribution is -0.166. The first-order valence-electron chi connectivity index (χ1n) is 5.00. The van der Waals surface area contributed by atoms with Gasteiger partial charge in [0.05, 0.1) is 12.3 Å². The van der Waals surface area contributed by atoms with Crippen molar-refractivity contribution < 1.29 is 14.4 Å².